The normalized spacial score (nSPS) is 17.9. The Bertz CT molecular complexity index is 410. The van der Waals surface area contributed by atoms with Gasteiger partial charge in [0, 0.05) is 11.1 Å². The highest BCUT2D eigenvalue weighted by Crippen LogP contribution is 2.34. The number of hydrogen-bond acceptors (Lipinski definition) is 2. The van der Waals surface area contributed by atoms with Gasteiger partial charge in [0.05, 0.1) is 7.11 Å². The summed E-state index contributed by atoms with van der Waals surface area (Å²) < 4.78 is 5.16. The number of fused-ring (bicyclic) bond motifs is 1. The average molecular weight is 205 g/mol. The number of rotatable bonds is 1. The number of carbonyl (C=O) groups excluding carboxylic acids is 1. The Kier molecular flexibility index (Phi) is 2.18. The van der Waals surface area contributed by atoms with Gasteiger partial charge < -0.3 is 10.1 Å². The zero-order valence-electron chi connectivity index (χ0n) is 9.26. The molecule has 3 heteroatoms. The van der Waals surface area contributed by atoms with E-state index < -0.39 is 0 Å². The van der Waals surface area contributed by atoms with Gasteiger partial charge in [-0.25, -0.2) is 0 Å². The Balaban J connectivity index is 2.42. The highest BCUT2D eigenvalue weighted by molar-refractivity contribution is 5.98. The maximum atomic E-state index is 11.7. The van der Waals surface area contributed by atoms with Gasteiger partial charge in [-0.1, -0.05) is 13.8 Å². The standard InChI is InChI=1S/C12H15NO2/c1-12(2)7-8-6-9(15-3)4-5-10(8)13-11(12)14/h4-6H,7H2,1-3H3,(H,13,14). The first-order chi connectivity index (χ1) is 7.03. The molecule has 15 heavy (non-hydrogen) atoms. The number of carbonyl (C=O) groups is 1. The van der Waals surface area contributed by atoms with E-state index in [1.807, 2.05) is 32.0 Å². The number of hydrogen-bond donors (Lipinski definition) is 1. The van der Waals surface area contributed by atoms with Crippen LogP contribution in [-0.4, -0.2) is 13.0 Å². The molecule has 0 radical (unpaired) electrons. The lowest BCUT2D eigenvalue weighted by atomic mass is 9.81. The van der Waals surface area contributed by atoms with E-state index in [1.54, 1.807) is 7.11 Å². The molecule has 0 atom stereocenters. The zero-order valence-corrected chi connectivity index (χ0v) is 9.26. The van der Waals surface area contributed by atoms with Crippen molar-refractivity contribution in [3.05, 3.63) is 23.8 Å². The molecule has 1 aromatic carbocycles. The first kappa shape index (κ1) is 10.0. The van der Waals surface area contributed by atoms with E-state index in [0.717, 1.165) is 23.4 Å². The van der Waals surface area contributed by atoms with Crippen molar-refractivity contribution in [1.82, 2.24) is 0 Å². The fourth-order valence-corrected chi connectivity index (χ4v) is 1.81. The third kappa shape index (κ3) is 1.69. The number of anilines is 1. The second kappa shape index (κ2) is 3.26. The molecular formula is C12H15NO2. The molecule has 0 aliphatic carbocycles. The highest BCUT2D eigenvalue weighted by atomic mass is 16.5. The summed E-state index contributed by atoms with van der Waals surface area (Å²) in [5.41, 5.74) is 1.71. The van der Waals surface area contributed by atoms with Crippen molar-refractivity contribution >= 4 is 11.6 Å². The molecule has 1 amide bonds. The van der Waals surface area contributed by atoms with E-state index in [-0.39, 0.29) is 11.3 Å². The Morgan fingerprint density at radius 1 is 1.40 bits per heavy atom. The lowest BCUT2D eigenvalue weighted by Crippen LogP contribution is -2.36. The fraction of sp³-hybridized carbons (Fsp3) is 0.417. The zero-order chi connectivity index (χ0) is 11.1. The molecule has 3 nitrogen and oxygen atoms in total. The molecule has 80 valence electrons. The molecule has 1 heterocycles. The molecule has 1 aromatic rings. The SMILES string of the molecule is COc1ccc2c(c1)CC(C)(C)C(=O)N2. The van der Waals surface area contributed by atoms with Gasteiger partial charge in [0.1, 0.15) is 5.75 Å². The molecule has 2 rings (SSSR count). The maximum Gasteiger partial charge on any atom is 0.230 e. The molecule has 0 unspecified atom stereocenters. The van der Waals surface area contributed by atoms with Crippen molar-refractivity contribution in [1.29, 1.82) is 0 Å². The van der Waals surface area contributed by atoms with E-state index in [2.05, 4.69) is 5.32 Å². The first-order valence-corrected chi connectivity index (χ1v) is 5.01. The Labute approximate surface area is 89.4 Å². The van der Waals surface area contributed by atoms with E-state index in [9.17, 15) is 4.79 Å². The van der Waals surface area contributed by atoms with Gasteiger partial charge in [-0.15, -0.1) is 0 Å². The van der Waals surface area contributed by atoms with E-state index in [0.29, 0.717) is 0 Å². The smallest absolute Gasteiger partial charge is 0.230 e. The lowest BCUT2D eigenvalue weighted by Gasteiger charge is -2.30. The number of nitrogens with one attached hydrogen (secondary N) is 1. The summed E-state index contributed by atoms with van der Waals surface area (Å²) in [4.78, 5) is 11.7. The predicted octanol–water partition coefficient (Wildman–Crippen LogP) is 2.22. The van der Waals surface area contributed by atoms with Crippen molar-refractivity contribution in [2.75, 3.05) is 12.4 Å². The van der Waals surface area contributed by atoms with Crippen LogP contribution in [0.15, 0.2) is 18.2 Å². The summed E-state index contributed by atoms with van der Waals surface area (Å²) in [5, 5.41) is 2.91. The van der Waals surface area contributed by atoms with Gasteiger partial charge in [0.2, 0.25) is 5.91 Å². The Morgan fingerprint density at radius 2 is 2.13 bits per heavy atom. The van der Waals surface area contributed by atoms with Crippen LogP contribution >= 0.6 is 0 Å². The van der Waals surface area contributed by atoms with Crippen LogP contribution in [-0.2, 0) is 11.2 Å². The molecular weight excluding hydrogens is 190 g/mol. The van der Waals surface area contributed by atoms with Crippen LogP contribution in [0.2, 0.25) is 0 Å². The topological polar surface area (TPSA) is 38.3 Å². The van der Waals surface area contributed by atoms with Crippen LogP contribution in [0.3, 0.4) is 0 Å². The summed E-state index contributed by atoms with van der Waals surface area (Å²) in [5.74, 6) is 0.917. The molecule has 0 saturated heterocycles. The van der Waals surface area contributed by atoms with E-state index in [4.69, 9.17) is 4.74 Å². The second-order valence-corrected chi connectivity index (χ2v) is 4.54. The molecule has 0 saturated carbocycles. The third-order valence-electron chi connectivity index (χ3n) is 2.81. The number of amides is 1. The van der Waals surface area contributed by atoms with Crippen LogP contribution in [0.1, 0.15) is 19.4 Å². The van der Waals surface area contributed by atoms with E-state index in [1.165, 1.54) is 0 Å². The van der Waals surface area contributed by atoms with Crippen LogP contribution in [0.25, 0.3) is 0 Å². The quantitative estimate of drug-likeness (QED) is 0.763. The number of benzene rings is 1. The van der Waals surface area contributed by atoms with Gasteiger partial charge in [0.15, 0.2) is 0 Å². The monoisotopic (exact) mass is 205 g/mol. The van der Waals surface area contributed by atoms with Crippen molar-refractivity contribution < 1.29 is 9.53 Å². The van der Waals surface area contributed by atoms with Crippen molar-refractivity contribution in [3.8, 4) is 5.75 Å². The van der Waals surface area contributed by atoms with Gasteiger partial charge in [-0.2, -0.15) is 0 Å². The molecule has 1 N–H and O–H groups in total. The van der Waals surface area contributed by atoms with Gasteiger partial charge in [-0.3, -0.25) is 4.79 Å². The average Bonchev–Trinajstić information content (AvgIpc) is 2.18. The minimum atomic E-state index is -0.334. The summed E-state index contributed by atoms with van der Waals surface area (Å²) in [6.07, 6.45) is 0.755. The number of methoxy groups -OCH3 is 1. The lowest BCUT2D eigenvalue weighted by molar-refractivity contribution is -0.124. The van der Waals surface area contributed by atoms with Crippen molar-refractivity contribution in [2.45, 2.75) is 20.3 Å². The molecule has 0 aromatic heterocycles. The predicted molar refractivity (Wildman–Crippen MR) is 59.1 cm³/mol. The summed E-state index contributed by atoms with van der Waals surface area (Å²) in [6.45, 7) is 3.90. The van der Waals surface area contributed by atoms with Crippen LogP contribution in [0.5, 0.6) is 5.75 Å². The van der Waals surface area contributed by atoms with Crippen LogP contribution < -0.4 is 10.1 Å². The summed E-state index contributed by atoms with van der Waals surface area (Å²) in [6, 6.07) is 5.73. The molecule has 1 aliphatic heterocycles. The molecule has 1 aliphatic rings. The van der Waals surface area contributed by atoms with Gasteiger partial charge >= 0.3 is 0 Å². The molecule has 0 fully saturated rings. The highest BCUT2D eigenvalue weighted by Gasteiger charge is 2.33. The minimum Gasteiger partial charge on any atom is -0.497 e. The second-order valence-electron chi connectivity index (χ2n) is 4.54. The Morgan fingerprint density at radius 3 is 2.80 bits per heavy atom. The van der Waals surface area contributed by atoms with Gasteiger partial charge in [0.25, 0.3) is 0 Å². The Hall–Kier alpha value is -1.51. The van der Waals surface area contributed by atoms with Crippen molar-refractivity contribution in [2.24, 2.45) is 5.41 Å². The minimum absolute atomic E-state index is 0.0835. The maximum absolute atomic E-state index is 11.7. The van der Waals surface area contributed by atoms with Crippen LogP contribution in [0, 0.1) is 5.41 Å². The molecule has 0 bridgehead atoms. The summed E-state index contributed by atoms with van der Waals surface area (Å²) >= 11 is 0. The fourth-order valence-electron chi connectivity index (χ4n) is 1.81. The van der Waals surface area contributed by atoms with Crippen molar-refractivity contribution in [3.63, 3.8) is 0 Å². The summed E-state index contributed by atoms with van der Waals surface area (Å²) in [7, 11) is 1.65. The largest absolute Gasteiger partial charge is 0.497 e. The third-order valence-corrected chi connectivity index (χ3v) is 2.81. The van der Waals surface area contributed by atoms with E-state index >= 15 is 0 Å². The number of ether oxygens (including phenoxy) is 1. The van der Waals surface area contributed by atoms with Gasteiger partial charge in [-0.05, 0) is 30.2 Å². The molecule has 0 spiro atoms. The van der Waals surface area contributed by atoms with Crippen LogP contribution in [0.4, 0.5) is 5.69 Å². The first-order valence-electron chi connectivity index (χ1n) is 5.01.